The number of benzene rings is 2. The Morgan fingerprint density at radius 1 is 1.23 bits per heavy atom. The van der Waals surface area contributed by atoms with Gasteiger partial charge in [0.05, 0.1) is 24.4 Å². The summed E-state index contributed by atoms with van der Waals surface area (Å²) in [5, 5.41) is 0.0226. The van der Waals surface area contributed by atoms with Gasteiger partial charge in [-0.1, -0.05) is 11.6 Å². The number of ether oxygens (including phenoxy) is 4. The maximum Gasteiger partial charge on any atom is 0.231 e. The Morgan fingerprint density at radius 2 is 1.96 bits per heavy atom. The van der Waals surface area contributed by atoms with E-state index in [0.29, 0.717) is 46.4 Å². The zero-order valence-corrected chi connectivity index (χ0v) is 15.1. The Hall–Kier alpha value is -2.86. The highest BCUT2D eigenvalue weighted by molar-refractivity contribution is 6.47. The molecule has 136 valence electrons. The van der Waals surface area contributed by atoms with Crippen LogP contribution in [0.4, 0.5) is 5.69 Å². The van der Waals surface area contributed by atoms with Crippen molar-refractivity contribution in [1.29, 1.82) is 0 Å². The van der Waals surface area contributed by atoms with Crippen LogP contribution in [0.3, 0.4) is 0 Å². The molecule has 0 fully saturated rings. The van der Waals surface area contributed by atoms with E-state index in [1.807, 2.05) is 6.92 Å². The van der Waals surface area contributed by atoms with Crippen molar-refractivity contribution < 1.29 is 23.7 Å². The van der Waals surface area contributed by atoms with Crippen LogP contribution in [0.1, 0.15) is 22.8 Å². The maximum atomic E-state index is 12.7. The number of methoxy groups -OCH3 is 1. The van der Waals surface area contributed by atoms with Crippen LogP contribution < -0.4 is 24.7 Å². The van der Waals surface area contributed by atoms with E-state index in [2.05, 4.69) is 0 Å². The number of carbonyl (C=O) groups excluding carboxylic acids is 1. The lowest BCUT2D eigenvalue weighted by Gasteiger charge is -2.09. The van der Waals surface area contributed by atoms with E-state index in [0.717, 1.165) is 0 Å². The van der Waals surface area contributed by atoms with E-state index < -0.39 is 0 Å². The molecule has 0 aromatic heterocycles. The van der Waals surface area contributed by atoms with E-state index in [-0.39, 0.29) is 17.6 Å². The number of nitrogen functional groups attached to an aromatic ring is 1. The van der Waals surface area contributed by atoms with E-state index >= 15 is 0 Å². The van der Waals surface area contributed by atoms with Crippen molar-refractivity contribution in [2.45, 2.75) is 6.92 Å². The molecule has 7 heteroatoms. The van der Waals surface area contributed by atoms with Crippen LogP contribution >= 0.6 is 11.6 Å². The lowest BCUT2D eigenvalue weighted by molar-refractivity contribution is 0.104. The van der Waals surface area contributed by atoms with Gasteiger partial charge in [0.2, 0.25) is 12.6 Å². The van der Waals surface area contributed by atoms with E-state index in [1.165, 1.54) is 13.2 Å². The SMILES string of the molecule is CCOc1cc(C(=O)/C(Cl)=C\c2cc3c(cc2OC)OCO3)ccc1N. The molecular weight excluding hydrogens is 358 g/mol. The van der Waals surface area contributed by atoms with Crippen LogP contribution in [0, 0.1) is 0 Å². The number of halogens is 1. The van der Waals surface area contributed by atoms with Gasteiger partial charge in [0.1, 0.15) is 11.5 Å². The van der Waals surface area contributed by atoms with Crippen LogP contribution in [-0.4, -0.2) is 26.3 Å². The highest BCUT2D eigenvalue weighted by atomic mass is 35.5. The average Bonchev–Trinajstić information content (AvgIpc) is 3.09. The number of hydrogen-bond donors (Lipinski definition) is 1. The highest BCUT2D eigenvalue weighted by Gasteiger charge is 2.19. The van der Waals surface area contributed by atoms with E-state index in [9.17, 15) is 4.79 Å². The normalized spacial score (nSPS) is 12.8. The van der Waals surface area contributed by atoms with Gasteiger partial charge in [0.25, 0.3) is 0 Å². The summed E-state index contributed by atoms with van der Waals surface area (Å²) in [6.07, 6.45) is 1.53. The Labute approximate surface area is 156 Å². The smallest absolute Gasteiger partial charge is 0.231 e. The molecule has 0 unspecified atom stereocenters. The van der Waals surface area contributed by atoms with Crippen molar-refractivity contribution in [3.05, 3.63) is 46.5 Å². The first kappa shape index (κ1) is 17.9. The van der Waals surface area contributed by atoms with Crippen molar-refractivity contribution in [1.82, 2.24) is 0 Å². The van der Waals surface area contributed by atoms with Gasteiger partial charge in [-0.25, -0.2) is 0 Å². The number of ketones is 1. The van der Waals surface area contributed by atoms with Crippen LogP contribution in [0.2, 0.25) is 0 Å². The first-order valence-corrected chi connectivity index (χ1v) is 8.33. The number of nitrogens with two attached hydrogens (primary N) is 1. The van der Waals surface area contributed by atoms with Gasteiger partial charge in [-0.2, -0.15) is 0 Å². The molecule has 0 amide bonds. The predicted molar refractivity (Wildman–Crippen MR) is 99.3 cm³/mol. The standard InChI is InChI=1S/C19H18ClNO5/c1-3-24-16-7-11(4-5-14(16)21)19(22)13(20)6-12-8-17-18(26-10-25-17)9-15(12)23-2/h4-9H,3,10,21H2,1-2H3/b13-6+. The molecular formula is C19H18ClNO5. The Bertz CT molecular complexity index is 878. The molecule has 0 saturated carbocycles. The first-order valence-electron chi connectivity index (χ1n) is 7.95. The molecule has 3 rings (SSSR count). The molecule has 1 heterocycles. The molecule has 0 atom stereocenters. The number of rotatable bonds is 6. The van der Waals surface area contributed by atoms with Crippen molar-refractivity contribution in [2.24, 2.45) is 0 Å². The minimum Gasteiger partial charge on any atom is -0.496 e. The number of hydrogen-bond acceptors (Lipinski definition) is 6. The summed E-state index contributed by atoms with van der Waals surface area (Å²) in [5.74, 6) is 1.77. The van der Waals surface area contributed by atoms with Crippen LogP contribution in [0.5, 0.6) is 23.0 Å². The summed E-state index contributed by atoms with van der Waals surface area (Å²) in [6.45, 7) is 2.43. The third-order valence-electron chi connectivity index (χ3n) is 3.80. The highest BCUT2D eigenvalue weighted by Crippen LogP contribution is 2.39. The lowest BCUT2D eigenvalue weighted by Crippen LogP contribution is -2.03. The van der Waals surface area contributed by atoms with Crippen LogP contribution in [0.25, 0.3) is 6.08 Å². The minimum absolute atomic E-state index is 0.0226. The molecule has 26 heavy (non-hydrogen) atoms. The molecule has 0 spiro atoms. The average molecular weight is 376 g/mol. The Balaban J connectivity index is 1.93. The third-order valence-corrected chi connectivity index (χ3v) is 4.08. The van der Waals surface area contributed by atoms with Crippen molar-refractivity contribution in [2.75, 3.05) is 26.2 Å². The second kappa shape index (κ2) is 7.58. The molecule has 0 saturated heterocycles. The molecule has 1 aliphatic rings. The summed E-state index contributed by atoms with van der Waals surface area (Å²) in [6, 6.07) is 8.20. The summed E-state index contributed by atoms with van der Waals surface area (Å²) < 4.78 is 21.4. The molecule has 2 N–H and O–H groups in total. The molecule has 2 aromatic rings. The third kappa shape index (κ3) is 3.55. The van der Waals surface area contributed by atoms with Crippen molar-refractivity contribution in [3.8, 4) is 23.0 Å². The molecule has 0 bridgehead atoms. The molecule has 0 aliphatic carbocycles. The summed E-state index contributed by atoms with van der Waals surface area (Å²) in [7, 11) is 1.53. The topological polar surface area (TPSA) is 80.0 Å². The molecule has 1 aliphatic heterocycles. The predicted octanol–water partition coefficient (Wildman–Crippen LogP) is 3.87. The quantitative estimate of drug-likeness (QED) is 0.469. The van der Waals surface area contributed by atoms with Crippen LogP contribution in [-0.2, 0) is 0 Å². The molecule has 6 nitrogen and oxygen atoms in total. The molecule has 2 aromatic carbocycles. The Morgan fingerprint density at radius 3 is 2.65 bits per heavy atom. The number of anilines is 1. The van der Waals surface area contributed by atoms with Gasteiger partial charge in [-0.3, -0.25) is 4.79 Å². The number of carbonyl (C=O) groups is 1. The van der Waals surface area contributed by atoms with Gasteiger partial charge in [-0.15, -0.1) is 0 Å². The monoisotopic (exact) mass is 375 g/mol. The second-order valence-corrected chi connectivity index (χ2v) is 5.86. The van der Waals surface area contributed by atoms with Gasteiger partial charge >= 0.3 is 0 Å². The van der Waals surface area contributed by atoms with Crippen molar-refractivity contribution >= 4 is 29.1 Å². The second-order valence-electron chi connectivity index (χ2n) is 5.45. The summed E-state index contributed by atoms with van der Waals surface area (Å²) >= 11 is 6.26. The number of Topliss-reactive ketones (excluding diaryl/α,β-unsaturated/α-hetero) is 1. The van der Waals surface area contributed by atoms with Gasteiger partial charge in [-0.05, 0) is 37.3 Å². The fraction of sp³-hybridized carbons (Fsp3) is 0.211. The number of allylic oxidation sites excluding steroid dienone is 1. The van der Waals surface area contributed by atoms with Crippen molar-refractivity contribution in [3.63, 3.8) is 0 Å². The first-order chi connectivity index (χ1) is 12.5. The minimum atomic E-state index is -0.354. The fourth-order valence-electron chi connectivity index (χ4n) is 2.52. The van der Waals surface area contributed by atoms with Gasteiger partial charge in [0.15, 0.2) is 11.5 Å². The van der Waals surface area contributed by atoms with Gasteiger partial charge in [0, 0.05) is 17.2 Å². The number of fused-ring (bicyclic) bond motifs is 1. The zero-order valence-electron chi connectivity index (χ0n) is 14.4. The van der Waals surface area contributed by atoms with E-state index in [1.54, 1.807) is 30.3 Å². The fourth-order valence-corrected chi connectivity index (χ4v) is 2.75. The van der Waals surface area contributed by atoms with E-state index in [4.69, 9.17) is 36.3 Å². The maximum absolute atomic E-state index is 12.7. The molecule has 0 radical (unpaired) electrons. The Kier molecular flexibility index (Phi) is 5.23. The van der Waals surface area contributed by atoms with Gasteiger partial charge < -0.3 is 24.7 Å². The zero-order chi connectivity index (χ0) is 18.7. The summed E-state index contributed by atoms with van der Waals surface area (Å²) in [5.41, 5.74) is 7.28. The van der Waals surface area contributed by atoms with Crippen LogP contribution in [0.15, 0.2) is 35.4 Å². The lowest BCUT2D eigenvalue weighted by atomic mass is 10.1. The largest absolute Gasteiger partial charge is 0.496 e. The summed E-state index contributed by atoms with van der Waals surface area (Å²) in [4.78, 5) is 12.7.